The minimum absolute atomic E-state index is 0.0540. The number of rotatable bonds is 10. The molecule has 0 aliphatic rings. The molecule has 1 amide bonds. The summed E-state index contributed by atoms with van der Waals surface area (Å²) >= 11 is 7.62. The summed E-state index contributed by atoms with van der Waals surface area (Å²) in [5.74, 6) is -1.06. The predicted molar refractivity (Wildman–Crippen MR) is 137 cm³/mol. The lowest BCUT2D eigenvalue weighted by Crippen LogP contribution is -2.41. The highest BCUT2D eigenvalue weighted by Gasteiger charge is 2.28. The number of nitrogens with zero attached hydrogens (tertiary/aromatic N) is 4. The quantitative estimate of drug-likeness (QED) is 0.392. The van der Waals surface area contributed by atoms with Gasteiger partial charge in [0.2, 0.25) is 5.13 Å². The van der Waals surface area contributed by atoms with Crippen LogP contribution in [0.4, 0.5) is 5.13 Å². The third-order valence-corrected chi connectivity index (χ3v) is 7.22. The van der Waals surface area contributed by atoms with Crippen molar-refractivity contribution in [3.63, 3.8) is 0 Å². The van der Waals surface area contributed by atoms with Crippen LogP contribution < -0.4 is 4.90 Å². The lowest BCUT2D eigenvalue weighted by atomic mass is 9.92. The number of carboxylic acids is 1. The van der Waals surface area contributed by atoms with Gasteiger partial charge in [-0.05, 0) is 45.0 Å². The average Bonchev–Trinajstić information content (AvgIpc) is 3.29. The van der Waals surface area contributed by atoms with E-state index in [0.29, 0.717) is 27.3 Å². The second-order valence-electron chi connectivity index (χ2n) is 8.57. The fourth-order valence-electron chi connectivity index (χ4n) is 3.46. The Balaban J connectivity index is 1.85. The van der Waals surface area contributed by atoms with Gasteiger partial charge in [-0.25, -0.2) is 0 Å². The van der Waals surface area contributed by atoms with Crippen LogP contribution in [0, 0.1) is 0 Å². The number of likely N-dealkylation sites (N-methyl/N-ethyl adjacent to an activating group) is 1. The van der Waals surface area contributed by atoms with Crippen molar-refractivity contribution >= 4 is 39.9 Å². The first kappa shape index (κ1) is 25.8. The minimum atomic E-state index is -0.868. The molecule has 34 heavy (non-hydrogen) atoms. The third kappa shape index (κ3) is 5.81. The number of halogens is 1. The largest absolute Gasteiger partial charge is 0.480 e. The zero-order valence-electron chi connectivity index (χ0n) is 19.8. The molecule has 7 nitrogen and oxygen atoms in total. The summed E-state index contributed by atoms with van der Waals surface area (Å²) in [5.41, 5.74) is 1.85. The van der Waals surface area contributed by atoms with Crippen molar-refractivity contribution in [3.05, 3.63) is 64.7 Å². The number of hydrogen-bond donors (Lipinski definition) is 1. The lowest BCUT2D eigenvalue weighted by molar-refractivity contribution is -0.139. The fourth-order valence-corrected chi connectivity index (χ4v) is 4.55. The summed E-state index contributed by atoms with van der Waals surface area (Å²) in [4.78, 5) is 27.8. The Bertz CT molecular complexity index is 1150. The van der Waals surface area contributed by atoms with Crippen LogP contribution in [0.25, 0.3) is 10.6 Å². The Labute approximate surface area is 209 Å². The van der Waals surface area contributed by atoms with Gasteiger partial charge >= 0.3 is 5.97 Å². The number of benzene rings is 2. The predicted octanol–water partition coefficient (Wildman–Crippen LogP) is 5.56. The maximum Gasteiger partial charge on any atom is 0.317 e. The van der Waals surface area contributed by atoms with Gasteiger partial charge in [0.05, 0.1) is 17.1 Å². The van der Waals surface area contributed by atoms with Gasteiger partial charge in [-0.3, -0.25) is 19.4 Å². The van der Waals surface area contributed by atoms with E-state index in [4.69, 9.17) is 16.7 Å². The first-order chi connectivity index (χ1) is 16.1. The Morgan fingerprint density at radius 1 is 1.09 bits per heavy atom. The van der Waals surface area contributed by atoms with Crippen molar-refractivity contribution in [2.45, 2.75) is 39.2 Å². The van der Waals surface area contributed by atoms with Gasteiger partial charge < -0.3 is 5.11 Å². The topological polar surface area (TPSA) is 86.6 Å². The van der Waals surface area contributed by atoms with Crippen LogP contribution in [-0.4, -0.2) is 52.2 Å². The fraction of sp³-hybridized carbons (Fsp3) is 0.360. The van der Waals surface area contributed by atoms with E-state index >= 15 is 0 Å². The van der Waals surface area contributed by atoms with Gasteiger partial charge in [-0.15, -0.1) is 10.2 Å². The molecule has 1 heterocycles. The van der Waals surface area contributed by atoms with E-state index in [2.05, 4.69) is 17.1 Å². The molecule has 0 aliphatic heterocycles. The Morgan fingerprint density at radius 2 is 1.76 bits per heavy atom. The monoisotopic (exact) mass is 500 g/mol. The summed E-state index contributed by atoms with van der Waals surface area (Å²) in [6.45, 7) is 6.51. The smallest absolute Gasteiger partial charge is 0.317 e. The highest BCUT2D eigenvalue weighted by Crippen LogP contribution is 2.33. The first-order valence-electron chi connectivity index (χ1n) is 11.1. The van der Waals surface area contributed by atoms with Crippen LogP contribution >= 0.6 is 22.9 Å². The maximum atomic E-state index is 13.2. The number of carboxylic acid groups (broad SMARTS) is 1. The number of anilines is 1. The van der Waals surface area contributed by atoms with Gasteiger partial charge in [0.25, 0.3) is 5.91 Å². The molecular weight excluding hydrogens is 472 g/mol. The van der Waals surface area contributed by atoms with Gasteiger partial charge in [-0.1, -0.05) is 72.7 Å². The Morgan fingerprint density at radius 3 is 2.38 bits per heavy atom. The second-order valence-corrected chi connectivity index (χ2v) is 9.93. The van der Waals surface area contributed by atoms with Crippen LogP contribution in [0.3, 0.4) is 0 Å². The molecule has 3 rings (SSSR count). The van der Waals surface area contributed by atoms with Crippen molar-refractivity contribution in [2.24, 2.45) is 0 Å². The zero-order valence-corrected chi connectivity index (χ0v) is 21.4. The number of unbranched alkanes of at least 4 members (excludes halogenated alkanes) is 1. The number of carbonyl (C=O) groups is 2. The van der Waals surface area contributed by atoms with Gasteiger partial charge in [0.15, 0.2) is 0 Å². The van der Waals surface area contributed by atoms with E-state index in [1.807, 2.05) is 38.1 Å². The van der Waals surface area contributed by atoms with Gasteiger partial charge in [0.1, 0.15) is 5.01 Å². The van der Waals surface area contributed by atoms with Crippen LogP contribution in [0.5, 0.6) is 0 Å². The average molecular weight is 501 g/mol. The number of carbonyl (C=O) groups excluding carboxylic acids is 1. The number of hydrogen-bond acceptors (Lipinski definition) is 6. The van der Waals surface area contributed by atoms with Crippen LogP contribution in [-0.2, 0) is 10.3 Å². The molecule has 2 aromatic carbocycles. The summed E-state index contributed by atoms with van der Waals surface area (Å²) in [5, 5.41) is 19.4. The van der Waals surface area contributed by atoms with E-state index < -0.39 is 11.5 Å². The minimum Gasteiger partial charge on any atom is -0.480 e. The van der Waals surface area contributed by atoms with Crippen molar-refractivity contribution in [1.29, 1.82) is 0 Å². The summed E-state index contributed by atoms with van der Waals surface area (Å²) in [6.07, 6.45) is 1.77. The van der Waals surface area contributed by atoms with Gasteiger partial charge in [0, 0.05) is 17.6 Å². The Kier molecular flexibility index (Phi) is 8.41. The molecule has 0 bridgehead atoms. The molecule has 0 spiro atoms. The summed E-state index contributed by atoms with van der Waals surface area (Å²) in [7, 11) is 1.79. The lowest BCUT2D eigenvalue weighted by Gasteiger charge is -2.35. The van der Waals surface area contributed by atoms with Crippen molar-refractivity contribution in [1.82, 2.24) is 15.1 Å². The van der Waals surface area contributed by atoms with E-state index in [1.54, 1.807) is 41.1 Å². The number of aromatic nitrogens is 2. The summed E-state index contributed by atoms with van der Waals surface area (Å²) in [6, 6.07) is 14.8. The number of aliphatic carboxylic acids is 1. The molecule has 1 N–H and O–H groups in total. The molecule has 0 radical (unpaired) electrons. The molecule has 0 saturated heterocycles. The molecular formula is C25H29ClN4O3S. The van der Waals surface area contributed by atoms with Crippen LogP contribution in [0.1, 0.15) is 49.5 Å². The maximum absolute atomic E-state index is 13.2. The van der Waals surface area contributed by atoms with Crippen molar-refractivity contribution in [2.75, 3.05) is 25.0 Å². The van der Waals surface area contributed by atoms with Crippen LogP contribution in [0.15, 0.2) is 48.5 Å². The molecule has 9 heteroatoms. The zero-order chi connectivity index (χ0) is 24.9. The standard InChI is InChI=1S/C25H29ClN4O3S/c1-5-6-15-30(23(33)19-9-7-8-10-20(19)26)24-28-27-22(34-24)17-11-13-18(14-12-17)25(2,3)29(4)16-21(31)32/h7-14H,5-6,15-16H2,1-4H3,(H,31,32). The molecule has 3 aromatic rings. The van der Waals surface area contributed by atoms with E-state index in [-0.39, 0.29) is 12.5 Å². The Hall–Kier alpha value is -2.81. The molecule has 0 aliphatic carbocycles. The molecule has 0 fully saturated rings. The van der Waals surface area contributed by atoms with E-state index in [9.17, 15) is 9.59 Å². The van der Waals surface area contributed by atoms with Crippen molar-refractivity contribution < 1.29 is 14.7 Å². The number of amides is 1. The molecule has 0 saturated carbocycles. The molecule has 1 aromatic heterocycles. The second kappa shape index (κ2) is 11.1. The molecule has 0 atom stereocenters. The third-order valence-electron chi connectivity index (χ3n) is 5.89. The van der Waals surface area contributed by atoms with Crippen molar-refractivity contribution in [3.8, 4) is 10.6 Å². The summed E-state index contributed by atoms with van der Waals surface area (Å²) < 4.78 is 0. The molecule has 180 valence electrons. The van der Waals surface area contributed by atoms with E-state index in [0.717, 1.165) is 24.0 Å². The highest BCUT2D eigenvalue weighted by atomic mass is 35.5. The SMILES string of the molecule is CCCCN(C(=O)c1ccccc1Cl)c1nnc(-c2ccc(C(C)(C)N(C)CC(=O)O)cc2)s1. The van der Waals surface area contributed by atoms with Gasteiger partial charge in [-0.2, -0.15) is 0 Å². The molecule has 0 unspecified atom stereocenters. The first-order valence-corrected chi connectivity index (χ1v) is 12.3. The van der Waals surface area contributed by atoms with Crippen LogP contribution in [0.2, 0.25) is 5.02 Å². The highest BCUT2D eigenvalue weighted by molar-refractivity contribution is 7.18. The normalized spacial score (nSPS) is 11.6. The van der Waals surface area contributed by atoms with E-state index in [1.165, 1.54) is 11.3 Å².